The monoisotopic (exact) mass is 764 g/mol. The number of allylic oxidation sites excluding steroid dienone is 1. The molecule has 1 amide bonds. The fraction of sp³-hybridized carbons (Fsp3) is 0.643. The van der Waals surface area contributed by atoms with Gasteiger partial charge in [-0.15, -0.1) is 0 Å². The summed E-state index contributed by atoms with van der Waals surface area (Å²) in [5, 5.41) is -0.0127. The average molecular weight is 765 g/mol. The van der Waals surface area contributed by atoms with Crippen LogP contribution in [0.2, 0.25) is 5.02 Å². The van der Waals surface area contributed by atoms with Gasteiger partial charge in [-0.25, -0.2) is 13.1 Å². The van der Waals surface area contributed by atoms with Crippen molar-refractivity contribution in [1.29, 1.82) is 0 Å². The fourth-order valence-corrected chi connectivity index (χ4v) is 12.0. The number of piperidine rings is 1. The molecule has 1 N–H and O–H groups in total. The molecule has 9 nitrogen and oxygen atoms in total. The van der Waals surface area contributed by atoms with Crippen molar-refractivity contribution in [3.05, 3.63) is 70.3 Å². The molecule has 6 aliphatic rings. The molecular formula is C42H57ClN4O5S. The highest BCUT2D eigenvalue weighted by Gasteiger charge is 2.50. The van der Waals surface area contributed by atoms with E-state index in [-0.39, 0.29) is 17.3 Å². The first-order valence-corrected chi connectivity index (χ1v) is 22.0. The summed E-state index contributed by atoms with van der Waals surface area (Å²) in [7, 11) is -2.07. The summed E-state index contributed by atoms with van der Waals surface area (Å²) < 4.78 is 43.2. The Labute approximate surface area is 321 Å². The van der Waals surface area contributed by atoms with Crippen molar-refractivity contribution < 1.29 is 22.7 Å². The van der Waals surface area contributed by atoms with Gasteiger partial charge in [0, 0.05) is 68.4 Å². The lowest BCUT2D eigenvalue weighted by molar-refractivity contribution is -0.100. The third kappa shape index (κ3) is 7.16. The van der Waals surface area contributed by atoms with E-state index in [4.69, 9.17) is 21.1 Å². The van der Waals surface area contributed by atoms with Crippen molar-refractivity contribution in [2.45, 2.75) is 93.9 Å². The number of aryl methyl sites for hydroxylation is 1. The molecule has 7 atom stereocenters. The Balaban J connectivity index is 1.19. The van der Waals surface area contributed by atoms with Gasteiger partial charge in [-0.2, -0.15) is 0 Å². The number of methoxy groups -OCH3 is 1. The normalized spacial score (nSPS) is 35.4. The van der Waals surface area contributed by atoms with Crippen molar-refractivity contribution in [2.24, 2.45) is 17.8 Å². The lowest BCUT2D eigenvalue weighted by Crippen LogP contribution is -2.61. The highest BCUT2D eigenvalue weighted by Crippen LogP contribution is 2.49. The zero-order valence-corrected chi connectivity index (χ0v) is 33.3. The zero-order valence-electron chi connectivity index (χ0n) is 31.7. The largest absolute Gasteiger partial charge is 0.490 e. The molecule has 0 unspecified atom stereocenters. The Morgan fingerprint density at radius 3 is 2.70 bits per heavy atom. The maximum atomic E-state index is 13.7. The smallest absolute Gasteiger partial charge is 0.264 e. The quantitative estimate of drug-likeness (QED) is 0.358. The number of nitrogens with one attached hydrogen (secondary N) is 1. The van der Waals surface area contributed by atoms with E-state index < -0.39 is 26.8 Å². The number of carbonyl (C=O) groups excluding carboxylic acids is 1. The van der Waals surface area contributed by atoms with Crippen molar-refractivity contribution >= 4 is 33.2 Å². The Hall–Kier alpha value is -2.63. The first kappa shape index (κ1) is 37.3. The van der Waals surface area contributed by atoms with E-state index in [1.54, 1.807) is 13.0 Å². The molecule has 8 rings (SSSR count). The zero-order chi connectivity index (χ0) is 37.0. The number of benzene rings is 2. The predicted molar refractivity (Wildman–Crippen MR) is 211 cm³/mol. The number of fused-ring (bicyclic) bond motifs is 5. The minimum Gasteiger partial charge on any atom is -0.490 e. The van der Waals surface area contributed by atoms with E-state index in [0.717, 1.165) is 87.8 Å². The number of hydrogen-bond donors (Lipinski definition) is 1. The van der Waals surface area contributed by atoms with Gasteiger partial charge < -0.3 is 14.4 Å². The summed E-state index contributed by atoms with van der Waals surface area (Å²) in [4.78, 5) is 21.4. The number of nitrogens with zero attached hydrogens (tertiary/aromatic N) is 3. The van der Waals surface area contributed by atoms with Crippen LogP contribution in [0.5, 0.6) is 5.75 Å². The van der Waals surface area contributed by atoms with Gasteiger partial charge in [0.1, 0.15) is 11.4 Å². The third-order valence-electron chi connectivity index (χ3n) is 14.0. The Morgan fingerprint density at radius 2 is 1.89 bits per heavy atom. The molecule has 53 heavy (non-hydrogen) atoms. The number of anilines is 1. The summed E-state index contributed by atoms with van der Waals surface area (Å²) in [5.41, 5.74) is 2.97. The Kier molecular flexibility index (Phi) is 10.4. The van der Waals surface area contributed by atoms with Crippen LogP contribution in [-0.4, -0.2) is 101 Å². The maximum Gasteiger partial charge on any atom is 0.264 e. The summed E-state index contributed by atoms with van der Waals surface area (Å²) in [6, 6.07) is 12.3. The molecule has 3 fully saturated rings. The molecular weight excluding hydrogens is 708 g/mol. The highest BCUT2D eigenvalue weighted by atomic mass is 35.5. The van der Waals surface area contributed by atoms with Gasteiger partial charge in [-0.1, -0.05) is 43.2 Å². The summed E-state index contributed by atoms with van der Waals surface area (Å²) >= 11 is 6.51. The van der Waals surface area contributed by atoms with Crippen LogP contribution in [-0.2, 0) is 26.6 Å². The SMILES string of the molecule is CO[C@]1(CN2CCN3CCCC[C@@H]3C2)/C=C/C[C@H](C)[C@@H](C)S(=O)(=O)NC(=O)c2ccc3c(c2)N(C[C@@H]2CC[C@H]21)C[C@]1(CCCc2cc(Cl)ccc21)CO3. The van der Waals surface area contributed by atoms with Gasteiger partial charge in [0.2, 0.25) is 10.0 Å². The number of hydrogen-bond acceptors (Lipinski definition) is 8. The molecule has 1 spiro atoms. The molecule has 11 heteroatoms. The molecule has 2 bridgehead atoms. The van der Waals surface area contributed by atoms with E-state index in [0.29, 0.717) is 30.6 Å². The topological polar surface area (TPSA) is 91.4 Å². The number of piperazine rings is 1. The van der Waals surface area contributed by atoms with Gasteiger partial charge in [-0.05, 0) is 124 Å². The molecule has 2 aromatic carbocycles. The number of halogens is 1. The molecule has 2 saturated heterocycles. The molecule has 0 aromatic heterocycles. The van der Waals surface area contributed by atoms with Crippen LogP contribution >= 0.6 is 11.6 Å². The van der Waals surface area contributed by atoms with Gasteiger partial charge >= 0.3 is 0 Å². The highest BCUT2D eigenvalue weighted by molar-refractivity contribution is 7.90. The lowest BCUT2D eigenvalue weighted by atomic mass is 9.63. The van der Waals surface area contributed by atoms with Crippen molar-refractivity contribution in [3.63, 3.8) is 0 Å². The summed E-state index contributed by atoms with van der Waals surface area (Å²) in [6.45, 7) is 10.9. The molecule has 2 aliphatic carbocycles. The van der Waals surface area contributed by atoms with Crippen molar-refractivity contribution in [3.8, 4) is 5.75 Å². The summed E-state index contributed by atoms with van der Waals surface area (Å²) in [6.07, 6.45) is 14.1. The first-order valence-electron chi connectivity index (χ1n) is 20.1. The van der Waals surface area contributed by atoms with Gasteiger partial charge in [-0.3, -0.25) is 14.6 Å². The number of amides is 1. The minimum absolute atomic E-state index is 0.206. The number of ether oxygens (including phenoxy) is 2. The molecule has 4 aliphatic heterocycles. The van der Waals surface area contributed by atoms with E-state index in [2.05, 4.69) is 43.7 Å². The second-order valence-electron chi connectivity index (χ2n) is 17.1. The molecule has 4 heterocycles. The van der Waals surface area contributed by atoms with E-state index >= 15 is 0 Å². The first-order chi connectivity index (χ1) is 25.5. The molecule has 288 valence electrons. The van der Waals surface area contributed by atoms with Crippen LogP contribution in [0.3, 0.4) is 0 Å². The van der Waals surface area contributed by atoms with Gasteiger partial charge in [0.05, 0.1) is 17.5 Å². The summed E-state index contributed by atoms with van der Waals surface area (Å²) in [5.74, 6) is 0.551. The molecule has 0 radical (unpaired) electrons. The van der Waals surface area contributed by atoms with Crippen LogP contribution in [0.4, 0.5) is 5.69 Å². The van der Waals surface area contributed by atoms with Crippen molar-refractivity contribution in [2.75, 3.05) is 64.4 Å². The lowest BCUT2D eigenvalue weighted by Gasteiger charge is -2.53. The van der Waals surface area contributed by atoms with E-state index in [1.807, 2.05) is 32.2 Å². The van der Waals surface area contributed by atoms with Crippen LogP contribution in [0.1, 0.15) is 86.7 Å². The van der Waals surface area contributed by atoms with Crippen molar-refractivity contribution in [1.82, 2.24) is 14.5 Å². The number of rotatable bonds is 3. The second-order valence-corrected chi connectivity index (χ2v) is 19.6. The number of sulfonamides is 1. The maximum absolute atomic E-state index is 13.7. The third-order valence-corrected chi connectivity index (χ3v) is 16.2. The fourth-order valence-electron chi connectivity index (χ4n) is 10.5. The average Bonchev–Trinajstić information content (AvgIpc) is 3.28. The Bertz CT molecular complexity index is 1840. The van der Waals surface area contributed by atoms with Crippen LogP contribution < -0.4 is 14.4 Å². The van der Waals surface area contributed by atoms with Gasteiger partial charge in [0.15, 0.2) is 0 Å². The van der Waals surface area contributed by atoms with E-state index in [9.17, 15) is 13.2 Å². The van der Waals surface area contributed by atoms with Crippen LogP contribution in [0.15, 0.2) is 48.6 Å². The molecule has 2 aromatic rings. The molecule has 1 saturated carbocycles. The van der Waals surface area contributed by atoms with E-state index in [1.165, 1.54) is 36.9 Å². The Morgan fingerprint density at radius 1 is 1.02 bits per heavy atom. The minimum atomic E-state index is -3.95. The number of carbonyl (C=O) groups is 1. The van der Waals surface area contributed by atoms with Crippen LogP contribution in [0, 0.1) is 17.8 Å². The standard InChI is InChI=1S/C42H57ClN4O5S/c1-29-8-6-18-42(51-3,27-45-20-21-46-19-5-4-10-35(46)25-45)37-14-11-33(37)24-47-26-41(17-7-9-31-22-34(43)13-15-36(31)41)28-52-39-16-12-32(23-38(39)47)40(48)44-53(49,50)30(29)2/h6,12-13,15-16,18,22-23,29-30,33,35,37H,4-5,7-11,14,17,19-21,24-28H2,1-3H3,(H,44,48)/b18-6+/t29-,30+,33-,35+,37+,41+,42-/m0/s1. The second kappa shape index (κ2) is 14.8. The van der Waals surface area contributed by atoms with Gasteiger partial charge in [0.25, 0.3) is 5.91 Å². The predicted octanol–water partition coefficient (Wildman–Crippen LogP) is 6.44. The van der Waals surface area contributed by atoms with Crippen LogP contribution in [0.25, 0.3) is 0 Å².